The number of nitro benzene ring substituents is 1. The zero-order valence-corrected chi connectivity index (χ0v) is 13.2. The molecule has 1 saturated heterocycles. The molecule has 3 rings (SSSR count). The lowest BCUT2D eigenvalue weighted by Gasteiger charge is -2.23. The van der Waals surface area contributed by atoms with Crippen molar-refractivity contribution < 1.29 is 9.72 Å². The van der Waals surface area contributed by atoms with Gasteiger partial charge in [-0.3, -0.25) is 19.8 Å². The van der Waals surface area contributed by atoms with Crippen molar-refractivity contribution in [2.24, 2.45) is 0 Å². The van der Waals surface area contributed by atoms with Gasteiger partial charge in [0.05, 0.1) is 11.0 Å². The summed E-state index contributed by atoms with van der Waals surface area (Å²) in [6.45, 7) is 1.45. The summed E-state index contributed by atoms with van der Waals surface area (Å²) >= 11 is 1.39. The maximum Gasteiger partial charge on any atom is 0.269 e. The van der Waals surface area contributed by atoms with Gasteiger partial charge in [-0.15, -0.1) is 11.3 Å². The van der Waals surface area contributed by atoms with E-state index in [1.807, 2.05) is 5.38 Å². The van der Waals surface area contributed by atoms with E-state index in [1.165, 1.54) is 23.5 Å². The van der Waals surface area contributed by atoms with Gasteiger partial charge < -0.3 is 5.32 Å². The van der Waals surface area contributed by atoms with Crippen molar-refractivity contribution in [2.75, 3.05) is 11.9 Å². The van der Waals surface area contributed by atoms with Crippen LogP contribution in [0.2, 0.25) is 0 Å². The number of non-ortho nitro benzene ring substituents is 1. The molecule has 0 radical (unpaired) electrons. The number of nitrogens with zero attached hydrogens (tertiary/aromatic N) is 3. The highest BCUT2D eigenvalue weighted by Crippen LogP contribution is 2.23. The van der Waals surface area contributed by atoms with Crippen molar-refractivity contribution >= 4 is 28.1 Å². The SMILES string of the molecule is O=C(Nc1nccs1)[C@H]1CCCN1Cc1ccc([N+](=O)[O-])cc1. The number of rotatable bonds is 5. The molecule has 1 aliphatic rings. The molecule has 1 aliphatic heterocycles. The second-order valence-electron chi connectivity index (χ2n) is 5.38. The quantitative estimate of drug-likeness (QED) is 0.672. The molecule has 1 fully saturated rings. The molecule has 1 N–H and O–H groups in total. The molecular weight excluding hydrogens is 316 g/mol. The van der Waals surface area contributed by atoms with Gasteiger partial charge in [-0.2, -0.15) is 0 Å². The maximum atomic E-state index is 12.4. The molecule has 2 aromatic rings. The van der Waals surface area contributed by atoms with Gasteiger partial charge in [0.2, 0.25) is 5.91 Å². The molecule has 0 unspecified atom stereocenters. The highest BCUT2D eigenvalue weighted by molar-refractivity contribution is 7.13. The number of nitro groups is 1. The van der Waals surface area contributed by atoms with E-state index in [1.54, 1.807) is 18.3 Å². The average molecular weight is 332 g/mol. The number of carbonyl (C=O) groups excluding carboxylic acids is 1. The summed E-state index contributed by atoms with van der Waals surface area (Å²) in [5.74, 6) is -0.0423. The van der Waals surface area contributed by atoms with E-state index < -0.39 is 4.92 Å². The van der Waals surface area contributed by atoms with E-state index in [0.29, 0.717) is 11.7 Å². The summed E-state index contributed by atoms with van der Waals surface area (Å²) in [4.78, 5) is 28.8. The number of likely N-dealkylation sites (tertiary alicyclic amines) is 1. The Morgan fingerprint density at radius 1 is 1.43 bits per heavy atom. The van der Waals surface area contributed by atoms with Crippen LogP contribution in [0, 0.1) is 10.1 Å². The first kappa shape index (κ1) is 15.6. The Kier molecular flexibility index (Phi) is 4.63. The predicted octanol–water partition coefficient (Wildman–Crippen LogP) is 2.65. The molecule has 1 amide bonds. The monoisotopic (exact) mass is 332 g/mol. The van der Waals surface area contributed by atoms with Gasteiger partial charge in [0.15, 0.2) is 5.13 Å². The van der Waals surface area contributed by atoms with Crippen LogP contribution in [-0.4, -0.2) is 33.3 Å². The zero-order chi connectivity index (χ0) is 16.2. The minimum Gasteiger partial charge on any atom is -0.301 e. The first-order chi connectivity index (χ1) is 11.1. The summed E-state index contributed by atoms with van der Waals surface area (Å²) in [6.07, 6.45) is 3.43. The van der Waals surface area contributed by atoms with Crippen LogP contribution in [0.25, 0.3) is 0 Å². The minimum atomic E-state index is -0.413. The molecule has 7 nitrogen and oxygen atoms in total. The lowest BCUT2D eigenvalue weighted by Crippen LogP contribution is -2.39. The zero-order valence-electron chi connectivity index (χ0n) is 12.3. The van der Waals surface area contributed by atoms with Crippen LogP contribution in [0.5, 0.6) is 0 Å². The van der Waals surface area contributed by atoms with Crippen LogP contribution in [0.15, 0.2) is 35.8 Å². The van der Waals surface area contributed by atoms with Crippen LogP contribution < -0.4 is 5.32 Å². The molecule has 1 atom stereocenters. The normalized spacial score (nSPS) is 18.0. The standard InChI is InChI=1S/C15H16N4O3S/c20-14(17-15-16-7-9-23-15)13-2-1-8-18(13)10-11-3-5-12(6-4-11)19(21)22/h3-7,9,13H,1-2,8,10H2,(H,16,17,20)/t13-/m1/s1. The molecule has 0 saturated carbocycles. The third kappa shape index (κ3) is 3.72. The van der Waals surface area contributed by atoms with Crippen molar-refractivity contribution in [1.82, 2.24) is 9.88 Å². The first-order valence-corrected chi connectivity index (χ1v) is 8.19. The summed E-state index contributed by atoms with van der Waals surface area (Å²) in [6, 6.07) is 6.29. The first-order valence-electron chi connectivity index (χ1n) is 7.31. The lowest BCUT2D eigenvalue weighted by atomic mass is 10.1. The van der Waals surface area contributed by atoms with Gasteiger partial charge in [0.25, 0.3) is 5.69 Å². The van der Waals surface area contributed by atoms with Crippen molar-refractivity contribution in [3.63, 3.8) is 0 Å². The second-order valence-corrected chi connectivity index (χ2v) is 6.27. The molecule has 0 bridgehead atoms. The fourth-order valence-corrected chi connectivity index (χ4v) is 3.28. The van der Waals surface area contributed by atoms with E-state index in [0.717, 1.165) is 24.9 Å². The Bertz CT molecular complexity index is 687. The molecular formula is C15H16N4O3S. The Balaban J connectivity index is 1.64. The van der Waals surface area contributed by atoms with Gasteiger partial charge in [-0.25, -0.2) is 4.98 Å². The Morgan fingerprint density at radius 2 is 2.22 bits per heavy atom. The number of hydrogen-bond donors (Lipinski definition) is 1. The summed E-state index contributed by atoms with van der Waals surface area (Å²) in [7, 11) is 0. The van der Waals surface area contributed by atoms with Crippen LogP contribution in [-0.2, 0) is 11.3 Å². The van der Waals surface area contributed by atoms with Crippen LogP contribution in [0.4, 0.5) is 10.8 Å². The Morgan fingerprint density at radius 3 is 2.87 bits per heavy atom. The van der Waals surface area contributed by atoms with E-state index in [-0.39, 0.29) is 17.6 Å². The van der Waals surface area contributed by atoms with Gasteiger partial charge in [-0.1, -0.05) is 12.1 Å². The van der Waals surface area contributed by atoms with E-state index in [2.05, 4.69) is 15.2 Å². The lowest BCUT2D eigenvalue weighted by molar-refractivity contribution is -0.384. The molecule has 1 aromatic carbocycles. The Hall–Kier alpha value is -2.32. The van der Waals surface area contributed by atoms with Gasteiger partial charge in [0.1, 0.15) is 0 Å². The number of thiazole rings is 1. The third-order valence-electron chi connectivity index (χ3n) is 3.86. The number of hydrogen-bond acceptors (Lipinski definition) is 6. The van der Waals surface area contributed by atoms with E-state index >= 15 is 0 Å². The van der Waals surface area contributed by atoms with E-state index in [4.69, 9.17) is 0 Å². The van der Waals surface area contributed by atoms with Crippen molar-refractivity contribution in [3.8, 4) is 0 Å². The van der Waals surface area contributed by atoms with Gasteiger partial charge in [0, 0.05) is 30.3 Å². The molecule has 120 valence electrons. The van der Waals surface area contributed by atoms with Crippen molar-refractivity contribution in [3.05, 3.63) is 51.5 Å². The summed E-state index contributed by atoms with van der Waals surface area (Å²) in [5, 5.41) is 16.0. The molecule has 8 heteroatoms. The van der Waals surface area contributed by atoms with Gasteiger partial charge in [-0.05, 0) is 24.9 Å². The van der Waals surface area contributed by atoms with Crippen LogP contribution in [0.1, 0.15) is 18.4 Å². The number of amides is 1. The Labute approximate surface area is 137 Å². The van der Waals surface area contributed by atoms with E-state index in [9.17, 15) is 14.9 Å². The summed E-state index contributed by atoms with van der Waals surface area (Å²) in [5.41, 5.74) is 1.04. The largest absolute Gasteiger partial charge is 0.301 e. The average Bonchev–Trinajstić information content (AvgIpc) is 3.19. The summed E-state index contributed by atoms with van der Waals surface area (Å²) < 4.78 is 0. The van der Waals surface area contributed by atoms with Crippen LogP contribution >= 0.6 is 11.3 Å². The third-order valence-corrected chi connectivity index (χ3v) is 4.55. The highest BCUT2D eigenvalue weighted by atomic mass is 32.1. The molecule has 23 heavy (non-hydrogen) atoms. The molecule has 0 aliphatic carbocycles. The number of aromatic nitrogens is 1. The minimum absolute atomic E-state index is 0.0423. The maximum absolute atomic E-state index is 12.4. The number of anilines is 1. The number of benzene rings is 1. The second kappa shape index (κ2) is 6.84. The number of nitrogens with one attached hydrogen (secondary N) is 1. The predicted molar refractivity (Wildman–Crippen MR) is 87.3 cm³/mol. The molecule has 2 heterocycles. The van der Waals surface area contributed by atoms with Crippen molar-refractivity contribution in [2.45, 2.75) is 25.4 Å². The molecule has 1 aromatic heterocycles. The highest BCUT2D eigenvalue weighted by Gasteiger charge is 2.31. The van der Waals surface area contributed by atoms with Crippen molar-refractivity contribution in [1.29, 1.82) is 0 Å². The fourth-order valence-electron chi connectivity index (χ4n) is 2.74. The van der Waals surface area contributed by atoms with Gasteiger partial charge >= 0.3 is 0 Å². The molecule has 0 spiro atoms. The number of carbonyl (C=O) groups is 1. The smallest absolute Gasteiger partial charge is 0.269 e. The fraction of sp³-hybridized carbons (Fsp3) is 0.333. The topological polar surface area (TPSA) is 88.4 Å². The van der Waals surface area contributed by atoms with Crippen LogP contribution in [0.3, 0.4) is 0 Å².